The van der Waals surface area contributed by atoms with Gasteiger partial charge in [0.25, 0.3) is 23.8 Å². The zero-order valence-electron chi connectivity index (χ0n) is 12.5. The van der Waals surface area contributed by atoms with E-state index in [-0.39, 0.29) is 0 Å². The van der Waals surface area contributed by atoms with Crippen molar-refractivity contribution in [3.05, 3.63) is 58.6 Å². The molecule has 0 unspecified atom stereocenters. The number of rotatable bonds is 4. The van der Waals surface area contributed by atoms with Crippen LogP contribution in [0, 0.1) is 10.1 Å². The highest BCUT2D eigenvalue weighted by molar-refractivity contribution is 8.14. The molecule has 0 saturated heterocycles. The van der Waals surface area contributed by atoms with Crippen molar-refractivity contribution in [2.45, 2.75) is 9.79 Å². The number of non-ortho nitro benzene ring substituents is 1. The van der Waals surface area contributed by atoms with Crippen molar-refractivity contribution in [2.75, 3.05) is 7.11 Å². The Morgan fingerprint density at radius 1 is 0.920 bits per heavy atom. The Kier molecular flexibility index (Phi) is 7.17. The molecule has 136 valence electrons. The van der Waals surface area contributed by atoms with E-state index in [4.69, 9.17) is 26.1 Å². The minimum Gasteiger partial charge on any atom is -0.497 e. The molecular formula is C13H11Cl2NO7S2. The first-order valence-corrected chi connectivity index (χ1v) is 10.8. The first kappa shape index (κ1) is 21.2. The SMILES string of the molecule is COc1ccccc1.O=[N+]([O-])c1cc(S(=O)(=O)Cl)cc(S(=O)(=O)Cl)c1. The minimum absolute atomic E-state index is 0.633. The van der Waals surface area contributed by atoms with Crippen molar-refractivity contribution in [3.63, 3.8) is 0 Å². The number of halogens is 2. The van der Waals surface area contributed by atoms with Gasteiger partial charge in [-0.25, -0.2) is 16.8 Å². The van der Waals surface area contributed by atoms with E-state index < -0.39 is 38.5 Å². The van der Waals surface area contributed by atoms with Crippen LogP contribution in [-0.2, 0) is 18.1 Å². The van der Waals surface area contributed by atoms with Gasteiger partial charge >= 0.3 is 0 Å². The van der Waals surface area contributed by atoms with Crippen LogP contribution in [0.5, 0.6) is 5.75 Å². The number of benzene rings is 2. The second-order valence-electron chi connectivity index (χ2n) is 4.31. The van der Waals surface area contributed by atoms with Gasteiger partial charge < -0.3 is 4.74 Å². The first-order valence-electron chi connectivity index (χ1n) is 6.23. The number of nitro benzene ring substituents is 1. The quantitative estimate of drug-likeness (QED) is 0.417. The second kappa shape index (κ2) is 8.48. The maximum atomic E-state index is 11.0. The number of hydrogen-bond acceptors (Lipinski definition) is 7. The summed E-state index contributed by atoms with van der Waals surface area (Å²) in [5, 5.41) is 10.5. The third kappa shape index (κ3) is 6.86. The molecular weight excluding hydrogens is 417 g/mol. The molecule has 0 N–H and O–H groups in total. The predicted octanol–water partition coefficient (Wildman–Crippen LogP) is 3.15. The van der Waals surface area contributed by atoms with E-state index in [1.165, 1.54) is 0 Å². The molecule has 0 saturated carbocycles. The summed E-state index contributed by atoms with van der Waals surface area (Å²) in [5.74, 6) is 0.910. The molecule has 0 aliphatic carbocycles. The van der Waals surface area contributed by atoms with Crippen molar-refractivity contribution < 1.29 is 26.5 Å². The summed E-state index contributed by atoms with van der Waals surface area (Å²) >= 11 is 0. The molecule has 2 aromatic carbocycles. The summed E-state index contributed by atoms with van der Waals surface area (Å²) in [6.45, 7) is 0. The number of hydrogen-bond donors (Lipinski definition) is 0. The Morgan fingerprint density at radius 3 is 1.64 bits per heavy atom. The van der Waals surface area contributed by atoms with Gasteiger partial charge in [-0.15, -0.1) is 0 Å². The van der Waals surface area contributed by atoms with Gasteiger partial charge in [0, 0.05) is 33.5 Å². The molecule has 2 aromatic rings. The van der Waals surface area contributed by atoms with E-state index in [0.29, 0.717) is 18.2 Å². The molecule has 0 spiro atoms. The minimum atomic E-state index is -4.30. The highest BCUT2D eigenvalue weighted by Crippen LogP contribution is 2.27. The van der Waals surface area contributed by atoms with E-state index in [2.05, 4.69) is 0 Å². The fourth-order valence-electron chi connectivity index (χ4n) is 1.50. The summed E-state index contributed by atoms with van der Waals surface area (Å²) in [7, 11) is 3.01. The number of nitro groups is 1. The van der Waals surface area contributed by atoms with E-state index in [1.807, 2.05) is 30.3 Å². The molecule has 0 bridgehead atoms. The van der Waals surface area contributed by atoms with E-state index >= 15 is 0 Å². The standard InChI is InChI=1S/C7H8O.C6H3Cl2NO6S2/c1-8-7-5-3-2-4-6-7;7-16(12,13)5-1-4(9(10)11)2-6(3-5)17(8,14)15/h2-6H,1H3;1-3H. The van der Waals surface area contributed by atoms with Crippen molar-refractivity contribution in [1.82, 2.24) is 0 Å². The molecule has 0 aliphatic rings. The van der Waals surface area contributed by atoms with Gasteiger partial charge in [0.05, 0.1) is 21.8 Å². The smallest absolute Gasteiger partial charge is 0.272 e. The summed E-state index contributed by atoms with van der Waals surface area (Å²) in [6.07, 6.45) is 0. The van der Waals surface area contributed by atoms with Crippen LogP contribution < -0.4 is 4.74 Å². The molecule has 25 heavy (non-hydrogen) atoms. The summed E-state index contributed by atoms with van der Waals surface area (Å²) in [4.78, 5) is 8.10. The zero-order chi connectivity index (χ0) is 19.3. The Bertz CT molecular complexity index is 911. The van der Waals surface area contributed by atoms with Crippen molar-refractivity contribution in [1.29, 1.82) is 0 Å². The van der Waals surface area contributed by atoms with Gasteiger partial charge in [-0.05, 0) is 18.2 Å². The fraction of sp³-hybridized carbons (Fsp3) is 0.0769. The predicted molar refractivity (Wildman–Crippen MR) is 92.2 cm³/mol. The lowest BCUT2D eigenvalue weighted by atomic mass is 10.3. The van der Waals surface area contributed by atoms with Gasteiger partial charge in [-0.2, -0.15) is 0 Å². The average molecular weight is 428 g/mol. The molecule has 0 aliphatic heterocycles. The lowest BCUT2D eigenvalue weighted by molar-refractivity contribution is -0.385. The lowest BCUT2D eigenvalue weighted by Crippen LogP contribution is -1.99. The topological polar surface area (TPSA) is 121 Å². The van der Waals surface area contributed by atoms with Gasteiger partial charge in [-0.3, -0.25) is 10.1 Å². The largest absolute Gasteiger partial charge is 0.497 e. The Labute approximate surface area is 152 Å². The van der Waals surface area contributed by atoms with E-state index in [9.17, 15) is 26.9 Å². The molecule has 2 rings (SSSR count). The van der Waals surface area contributed by atoms with Crippen molar-refractivity contribution >= 4 is 45.2 Å². The number of ether oxygens (including phenoxy) is 1. The Morgan fingerprint density at radius 2 is 1.36 bits per heavy atom. The summed E-state index contributed by atoms with van der Waals surface area (Å²) in [5.41, 5.74) is -0.744. The maximum Gasteiger partial charge on any atom is 0.272 e. The first-order chi connectivity index (χ1) is 11.4. The lowest BCUT2D eigenvalue weighted by Gasteiger charge is -2.00. The molecule has 0 fully saturated rings. The molecule has 0 amide bonds. The van der Waals surface area contributed by atoms with Crippen LogP contribution in [0.4, 0.5) is 5.69 Å². The van der Waals surface area contributed by atoms with Gasteiger partial charge in [0.2, 0.25) is 0 Å². The molecule has 0 heterocycles. The second-order valence-corrected chi connectivity index (χ2v) is 9.44. The third-order valence-electron chi connectivity index (χ3n) is 2.62. The summed E-state index contributed by atoms with van der Waals surface area (Å²) in [6, 6.07) is 11.6. The van der Waals surface area contributed by atoms with Gasteiger partial charge in [0.15, 0.2) is 0 Å². The van der Waals surface area contributed by atoms with Crippen LogP contribution in [0.25, 0.3) is 0 Å². The van der Waals surface area contributed by atoms with Crippen LogP contribution in [0.3, 0.4) is 0 Å². The number of para-hydroxylation sites is 1. The summed E-state index contributed by atoms with van der Waals surface area (Å²) < 4.78 is 48.9. The molecule has 0 radical (unpaired) electrons. The molecule has 12 heteroatoms. The van der Waals surface area contributed by atoms with Crippen molar-refractivity contribution in [3.8, 4) is 5.75 Å². The van der Waals surface area contributed by atoms with Gasteiger partial charge in [-0.1, -0.05) is 18.2 Å². The average Bonchev–Trinajstić information content (AvgIpc) is 2.54. The van der Waals surface area contributed by atoms with E-state index in [0.717, 1.165) is 5.75 Å². The van der Waals surface area contributed by atoms with Crippen molar-refractivity contribution in [2.24, 2.45) is 0 Å². The number of methoxy groups -OCH3 is 1. The van der Waals surface area contributed by atoms with Crippen LogP contribution in [0.2, 0.25) is 0 Å². The maximum absolute atomic E-state index is 11.0. The molecule has 0 aromatic heterocycles. The zero-order valence-corrected chi connectivity index (χ0v) is 15.6. The van der Waals surface area contributed by atoms with Gasteiger partial charge in [0.1, 0.15) is 5.75 Å². The van der Waals surface area contributed by atoms with Crippen LogP contribution in [0.1, 0.15) is 0 Å². The molecule has 8 nitrogen and oxygen atoms in total. The highest BCUT2D eigenvalue weighted by Gasteiger charge is 2.22. The van der Waals surface area contributed by atoms with Crippen LogP contribution in [-0.4, -0.2) is 28.9 Å². The normalized spacial score (nSPS) is 11.2. The third-order valence-corrected chi connectivity index (χ3v) is 5.28. The Hall–Kier alpha value is -1.88. The molecule has 0 atom stereocenters. The van der Waals surface area contributed by atoms with E-state index in [1.54, 1.807) is 7.11 Å². The Balaban J connectivity index is 0.000000324. The van der Waals surface area contributed by atoms with Crippen LogP contribution >= 0.6 is 21.4 Å². The number of nitrogens with zero attached hydrogens (tertiary/aromatic N) is 1. The monoisotopic (exact) mass is 427 g/mol. The van der Waals surface area contributed by atoms with Crippen LogP contribution in [0.15, 0.2) is 58.3 Å². The highest BCUT2D eigenvalue weighted by atomic mass is 35.7. The fourth-order valence-corrected chi connectivity index (χ4v) is 3.17.